The van der Waals surface area contributed by atoms with E-state index in [4.69, 9.17) is 11.5 Å². The number of hydrogen-bond acceptors (Lipinski definition) is 2. The fourth-order valence-corrected chi connectivity index (χ4v) is 0.621. The van der Waals surface area contributed by atoms with E-state index < -0.39 is 5.66 Å². The molecule has 0 aliphatic rings. The zero-order chi connectivity index (χ0) is 7.33. The maximum absolute atomic E-state index is 5.57. The van der Waals surface area contributed by atoms with Gasteiger partial charge in [-0.05, 0) is 12.8 Å². The van der Waals surface area contributed by atoms with Gasteiger partial charge in [0.25, 0.3) is 0 Å². The second-order valence-corrected chi connectivity index (χ2v) is 2.22. The minimum atomic E-state index is -0.635. The van der Waals surface area contributed by atoms with Gasteiger partial charge in [-0.2, -0.15) is 0 Å². The maximum Gasteiger partial charge on any atom is 0.0707 e. The standard InChI is InChI=1S/C7H14N2/c1-3-5-7(8,9)6-4-2/h3-4H,1-2,5-6,8-9H2. The van der Waals surface area contributed by atoms with Crippen LogP contribution in [0.3, 0.4) is 0 Å². The third-order valence-electron chi connectivity index (χ3n) is 1.05. The van der Waals surface area contributed by atoms with Crippen LogP contribution in [0.2, 0.25) is 0 Å². The predicted octanol–water partition coefficient (Wildman–Crippen LogP) is 0.752. The Labute approximate surface area is 56.2 Å². The molecule has 52 valence electrons. The summed E-state index contributed by atoms with van der Waals surface area (Å²) in [7, 11) is 0. The lowest BCUT2D eigenvalue weighted by Crippen LogP contribution is -2.48. The molecule has 0 heterocycles. The Kier molecular flexibility index (Phi) is 3.20. The van der Waals surface area contributed by atoms with Crippen LogP contribution in [0.5, 0.6) is 0 Å². The van der Waals surface area contributed by atoms with E-state index >= 15 is 0 Å². The van der Waals surface area contributed by atoms with Gasteiger partial charge in [0.05, 0.1) is 5.66 Å². The van der Waals surface area contributed by atoms with Gasteiger partial charge >= 0.3 is 0 Å². The molecule has 0 aromatic carbocycles. The average Bonchev–Trinajstić information content (AvgIpc) is 1.64. The summed E-state index contributed by atoms with van der Waals surface area (Å²) >= 11 is 0. The van der Waals surface area contributed by atoms with Gasteiger partial charge in [-0.1, -0.05) is 12.2 Å². The van der Waals surface area contributed by atoms with Crippen LogP contribution in [0.15, 0.2) is 25.3 Å². The van der Waals surface area contributed by atoms with Crippen molar-refractivity contribution in [3.8, 4) is 0 Å². The monoisotopic (exact) mass is 126 g/mol. The molecule has 0 spiro atoms. The minimum Gasteiger partial charge on any atom is -0.313 e. The Balaban J connectivity index is 3.68. The van der Waals surface area contributed by atoms with Crippen LogP contribution in [0, 0.1) is 0 Å². The highest BCUT2D eigenvalue weighted by molar-refractivity contribution is 4.90. The predicted molar refractivity (Wildman–Crippen MR) is 40.7 cm³/mol. The van der Waals surface area contributed by atoms with Crippen LogP contribution in [-0.4, -0.2) is 5.66 Å². The van der Waals surface area contributed by atoms with Gasteiger partial charge in [0, 0.05) is 0 Å². The summed E-state index contributed by atoms with van der Waals surface area (Å²) in [6, 6.07) is 0. The van der Waals surface area contributed by atoms with Crippen LogP contribution < -0.4 is 11.5 Å². The molecule has 0 atom stereocenters. The van der Waals surface area contributed by atoms with E-state index in [1.807, 2.05) is 0 Å². The molecule has 0 saturated heterocycles. The highest BCUT2D eigenvalue weighted by atomic mass is 14.9. The molecule has 0 rings (SSSR count). The summed E-state index contributed by atoms with van der Waals surface area (Å²) in [5.74, 6) is 0. The van der Waals surface area contributed by atoms with Gasteiger partial charge in [-0.15, -0.1) is 13.2 Å². The first kappa shape index (κ1) is 8.40. The fraction of sp³-hybridized carbons (Fsp3) is 0.429. The molecule has 0 radical (unpaired) electrons. The smallest absolute Gasteiger partial charge is 0.0707 e. The summed E-state index contributed by atoms with van der Waals surface area (Å²) in [5, 5.41) is 0. The van der Waals surface area contributed by atoms with Crippen molar-refractivity contribution in [3.05, 3.63) is 25.3 Å². The lowest BCUT2D eigenvalue weighted by atomic mass is 10.1. The molecule has 2 nitrogen and oxygen atoms in total. The van der Waals surface area contributed by atoms with Crippen molar-refractivity contribution in [1.29, 1.82) is 0 Å². The van der Waals surface area contributed by atoms with Crippen LogP contribution in [-0.2, 0) is 0 Å². The lowest BCUT2D eigenvalue weighted by Gasteiger charge is -2.20. The van der Waals surface area contributed by atoms with Crippen molar-refractivity contribution >= 4 is 0 Å². The molecule has 2 heteroatoms. The fourth-order valence-electron chi connectivity index (χ4n) is 0.621. The Bertz CT molecular complexity index is 93.5. The van der Waals surface area contributed by atoms with Crippen molar-refractivity contribution in [2.24, 2.45) is 11.5 Å². The van der Waals surface area contributed by atoms with E-state index in [0.717, 1.165) is 0 Å². The lowest BCUT2D eigenvalue weighted by molar-refractivity contribution is 0.454. The van der Waals surface area contributed by atoms with Gasteiger partial charge in [0.2, 0.25) is 0 Å². The van der Waals surface area contributed by atoms with Crippen molar-refractivity contribution in [2.45, 2.75) is 18.5 Å². The second kappa shape index (κ2) is 3.43. The third-order valence-corrected chi connectivity index (χ3v) is 1.05. The molecule has 0 aromatic rings. The molecule has 0 aliphatic heterocycles. The normalized spacial score (nSPS) is 10.9. The van der Waals surface area contributed by atoms with E-state index in [1.165, 1.54) is 0 Å². The topological polar surface area (TPSA) is 52.0 Å². The number of nitrogens with two attached hydrogens (primary N) is 2. The Morgan fingerprint density at radius 3 is 1.67 bits per heavy atom. The van der Waals surface area contributed by atoms with E-state index in [1.54, 1.807) is 12.2 Å². The molecular formula is C7H14N2. The van der Waals surface area contributed by atoms with E-state index in [2.05, 4.69) is 13.2 Å². The van der Waals surface area contributed by atoms with E-state index in [-0.39, 0.29) is 0 Å². The molecule has 0 amide bonds. The molecule has 0 saturated carbocycles. The first-order chi connectivity index (χ1) is 4.12. The van der Waals surface area contributed by atoms with Crippen LogP contribution in [0.4, 0.5) is 0 Å². The first-order valence-corrected chi connectivity index (χ1v) is 2.92. The Morgan fingerprint density at radius 2 is 1.44 bits per heavy atom. The Hall–Kier alpha value is -0.600. The molecule has 9 heavy (non-hydrogen) atoms. The number of rotatable bonds is 4. The van der Waals surface area contributed by atoms with Gasteiger partial charge in [0.1, 0.15) is 0 Å². The maximum atomic E-state index is 5.57. The van der Waals surface area contributed by atoms with Crippen molar-refractivity contribution in [3.63, 3.8) is 0 Å². The van der Waals surface area contributed by atoms with Crippen LogP contribution in [0.1, 0.15) is 12.8 Å². The SMILES string of the molecule is C=CCC(N)(N)CC=C. The van der Waals surface area contributed by atoms with Gasteiger partial charge in [-0.3, -0.25) is 0 Å². The van der Waals surface area contributed by atoms with Crippen molar-refractivity contribution in [1.82, 2.24) is 0 Å². The molecule has 4 N–H and O–H groups in total. The molecule has 0 fully saturated rings. The first-order valence-electron chi connectivity index (χ1n) is 2.92. The van der Waals surface area contributed by atoms with E-state index in [0.29, 0.717) is 12.8 Å². The summed E-state index contributed by atoms with van der Waals surface area (Å²) in [5.41, 5.74) is 10.5. The molecular weight excluding hydrogens is 112 g/mol. The molecule has 0 aliphatic carbocycles. The zero-order valence-electron chi connectivity index (χ0n) is 5.64. The van der Waals surface area contributed by atoms with Gasteiger partial charge in [-0.25, -0.2) is 0 Å². The van der Waals surface area contributed by atoms with Crippen molar-refractivity contribution < 1.29 is 0 Å². The molecule has 0 aromatic heterocycles. The molecule has 0 unspecified atom stereocenters. The summed E-state index contributed by atoms with van der Waals surface area (Å²) in [4.78, 5) is 0. The second-order valence-electron chi connectivity index (χ2n) is 2.22. The summed E-state index contributed by atoms with van der Waals surface area (Å²) in [6.07, 6.45) is 4.67. The zero-order valence-corrected chi connectivity index (χ0v) is 5.64. The van der Waals surface area contributed by atoms with Gasteiger partial charge < -0.3 is 11.5 Å². The summed E-state index contributed by atoms with van der Waals surface area (Å²) in [6.45, 7) is 7.07. The largest absolute Gasteiger partial charge is 0.313 e. The quantitative estimate of drug-likeness (QED) is 0.431. The highest BCUT2D eigenvalue weighted by Gasteiger charge is 2.13. The third kappa shape index (κ3) is 3.94. The van der Waals surface area contributed by atoms with E-state index in [9.17, 15) is 0 Å². The minimum absolute atomic E-state index is 0.624. The average molecular weight is 126 g/mol. The number of hydrogen-bond donors (Lipinski definition) is 2. The van der Waals surface area contributed by atoms with Crippen LogP contribution in [0.25, 0.3) is 0 Å². The highest BCUT2D eigenvalue weighted by Crippen LogP contribution is 2.03. The van der Waals surface area contributed by atoms with Crippen molar-refractivity contribution in [2.75, 3.05) is 0 Å². The van der Waals surface area contributed by atoms with Crippen LogP contribution >= 0.6 is 0 Å². The summed E-state index contributed by atoms with van der Waals surface area (Å²) < 4.78 is 0. The van der Waals surface area contributed by atoms with Gasteiger partial charge in [0.15, 0.2) is 0 Å². The Morgan fingerprint density at radius 1 is 1.11 bits per heavy atom. The molecule has 0 bridgehead atoms.